The van der Waals surface area contributed by atoms with Crippen molar-refractivity contribution in [3.63, 3.8) is 0 Å². The van der Waals surface area contributed by atoms with Crippen LogP contribution >= 0.6 is 12.4 Å². The smallest absolute Gasteiger partial charge is 0.147 e. The quantitative estimate of drug-likeness (QED) is 0.419. The van der Waals surface area contributed by atoms with Crippen molar-refractivity contribution in [3.05, 3.63) is 54.5 Å². The van der Waals surface area contributed by atoms with Crippen molar-refractivity contribution in [2.45, 2.75) is 0 Å². The number of pyridine rings is 1. The summed E-state index contributed by atoms with van der Waals surface area (Å²) in [6.45, 7) is 0. The van der Waals surface area contributed by atoms with Gasteiger partial charge in [-0.2, -0.15) is 0 Å². The van der Waals surface area contributed by atoms with Crippen LogP contribution in [0.25, 0.3) is 43.7 Å². The molecule has 0 aliphatic carbocycles. The predicted molar refractivity (Wildman–Crippen MR) is 90.2 cm³/mol. The number of rotatable bonds is 0. The van der Waals surface area contributed by atoms with E-state index in [2.05, 4.69) is 21.0 Å². The SMILES string of the molecule is Cl.Fc1cccc2c1[nH]c1c2ncc2[nH]c3ccccc3c21. The summed E-state index contributed by atoms with van der Waals surface area (Å²) in [6, 6.07) is 13.2. The van der Waals surface area contributed by atoms with Crippen LogP contribution in [0.1, 0.15) is 0 Å². The first-order valence-electron chi connectivity index (χ1n) is 6.78. The third-order valence-electron chi connectivity index (χ3n) is 4.06. The molecule has 0 spiro atoms. The Kier molecular flexibility index (Phi) is 2.65. The summed E-state index contributed by atoms with van der Waals surface area (Å²) < 4.78 is 14.0. The highest BCUT2D eigenvalue weighted by atomic mass is 35.5. The molecule has 0 radical (unpaired) electrons. The highest BCUT2D eigenvalue weighted by Crippen LogP contribution is 2.34. The Morgan fingerprint density at radius 1 is 0.818 bits per heavy atom. The molecule has 0 fully saturated rings. The molecule has 3 aromatic heterocycles. The molecule has 5 aromatic rings. The fourth-order valence-corrected chi connectivity index (χ4v) is 3.14. The number of hydrogen-bond donors (Lipinski definition) is 2. The van der Waals surface area contributed by atoms with Gasteiger partial charge >= 0.3 is 0 Å². The van der Waals surface area contributed by atoms with Gasteiger partial charge in [0, 0.05) is 21.7 Å². The minimum Gasteiger partial charge on any atom is -0.353 e. The number of nitrogens with one attached hydrogen (secondary N) is 2. The van der Waals surface area contributed by atoms with Gasteiger partial charge in [-0.1, -0.05) is 30.3 Å². The summed E-state index contributed by atoms with van der Waals surface area (Å²) >= 11 is 0. The van der Waals surface area contributed by atoms with Gasteiger partial charge in [0.05, 0.1) is 28.3 Å². The molecule has 0 amide bonds. The molecule has 0 saturated carbocycles. The first kappa shape index (κ1) is 13.1. The van der Waals surface area contributed by atoms with Crippen LogP contribution in [0.2, 0.25) is 0 Å². The third kappa shape index (κ3) is 1.53. The zero-order chi connectivity index (χ0) is 14.0. The zero-order valence-corrected chi connectivity index (χ0v) is 12.2. The molecule has 0 bridgehead atoms. The Morgan fingerprint density at radius 2 is 1.64 bits per heavy atom. The average molecular weight is 312 g/mol. The topological polar surface area (TPSA) is 44.5 Å². The molecule has 2 aromatic carbocycles. The highest BCUT2D eigenvalue weighted by Gasteiger charge is 2.14. The second-order valence-electron chi connectivity index (χ2n) is 5.23. The Morgan fingerprint density at radius 3 is 2.55 bits per heavy atom. The van der Waals surface area contributed by atoms with Crippen LogP contribution < -0.4 is 0 Å². The summed E-state index contributed by atoms with van der Waals surface area (Å²) in [4.78, 5) is 11.1. The standard InChI is InChI=1S/C17H10FN3.ClH/c18-11-6-3-5-10-15(11)21-17-14-9-4-1-2-7-12(9)20-13(14)8-19-16(10)17;/h1-8,20-21H;1H. The molecule has 3 nitrogen and oxygen atoms in total. The zero-order valence-electron chi connectivity index (χ0n) is 11.4. The number of para-hydroxylation sites is 2. The highest BCUT2D eigenvalue weighted by molar-refractivity contribution is 6.22. The van der Waals surface area contributed by atoms with Crippen molar-refractivity contribution in [3.8, 4) is 0 Å². The molecule has 0 aliphatic rings. The molecular formula is C17H11ClFN3. The monoisotopic (exact) mass is 311 g/mol. The van der Waals surface area contributed by atoms with Gasteiger partial charge in [0.25, 0.3) is 0 Å². The van der Waals surface area contributed by atoms with Crippen LogP contribution in [-0.2, 0) is 0 Å². The first-order chi connectivity index (χ1) is 10.3. The summed E-state index contributed by atoms with van der Waals surface area (Å²) in [7, 11) is 0. The predicted octanol–water partition coefficient (Wildman–Crippen LogP) is 4.91. The normalized spacial score (nSPS) is 11.5. The van der Waals surface area contributed by atoms with Crippen molar-refractivity contribution in [2.75, 3.05) is 0 Å². The van der Waals surface area contributed by atoms with Crippen LogP contribution in [0.15, 0.2) is 48.7 Å². The van der Waals surface area contributed by atoms with Gasteiger partial charge in [-0.05, 0) is 12.1 Å². The Balaban J connectivity index is 0.00000125. The molecule has 0 aliphatic heterocycles. The number of aromatic amines is 2. The number of aromatic nitrogens is 3. The van der Waals surface area contributed by atoms with E-state index in [-0.39, 0.29) is 18.2 Å². The Labute approximate surface area is 130 Å². The van der Waals surface area contributed by atoms with Gasteiger partial charge < -0.3 is 9.97 Å². The third-order valence-corrected chi connectivity index (χ3v) is 4.06. The fourth-order valence-electron chi connectivity index (χ4n) is 3.14. The lowest BCUT2D eigenvalue weighted by atomic mass is 10.1. The van der Waals surface area contributed by atoms with E-state index in [1.54, 1.807) is 6.07 Å². The van der Waals surface area contributed by atoms with Crippen molar-refractivity contribution < 1.29 is 4.39 Å². The van der Waals surface area contributed by atoms with E-state index in [4.69, 9.17) is 0 Å². The van der Waals surface area contributed by atoms with Gasteiger partial charge in [-0.15, -0.1) is 12.4 Å². The van der Waals surface area contributed by atoms with Crippen LogP contribution in [0, 0.1) is 5.82 Å². The molecular weight excluding hydrogens is 301 g/mol. The van der Waals surface area contributed by atoms with E-state index in [1.165, 1.54) is 6.07 Å². The number of H-pyrrole nitrogens is 2. The van der Waals surface area contributed by atoms with E-state index in [0.29, 0.717) is 5.52 Å². The van der Waals surface area contributed by atoms with E-state index in [9.17, 15) is 4.39 Å². The Hall–Kier alpha value is -2.59. The molecule has 3 heterocycles. The van der Waals surface area contributed by atoms with Crippen LogP contribution in [-0.4, -0.2) is 15.0 Å². The summed E-state index contributed by atoms with van der Waals surface area (Å²) in [5.41, 5.74) is 4.21. The van der Waals surface area contributed by atoms with E-state index in [1.807, 2.05) is 30.5 Å². The Bertz CT molecular complexity index is 1160. The second-order valence-corrected chi connectivity index (χ2v) is 5.23. The number of hydrogen-bond acceptors (Lipinski definition) is 1. The molecule has 5 rings (SSSR count). The van der Waals surface area contributed by atoms with Crippen LogP contribution in [0.3, 0.4) is 0 Å². The molecule has 2 N–H and O–H groups in total. The number of benzene rings is 2. The lowest BCUT2D eigenvalue weighted by Crippen LogP contribution is -1.76. The average Bonchev–Trinajstić information content (AvgIpc) is 3.05. The van der Waals surface area contributed by atoms with Crippen molar-refractivity contribution in [1.82, 2.24) is 15.0 Å². The van der Waals surface area contributed by atoms with Crippen molar-refractivity contribution in [1.29, 1.82) is 0 Å². The summed E-state index contributed by atoms with van der Waals surface area (Å²) in [6.07, 6.45) is 1.82. The lowest BCUT2D eigenvalue weighted by molar-refractivity contribution is 0.637. The number of fused-ring (bicyclic) bond motifs is 7. The molecule has 5 heteroatoms. The van der Waals surface area contributed by atoms with Gasteiger partial charge in [-0.25, -0.2) is 4.39 Å². The number of nitrogens with zero attached hydrogens (tertiary/aromatic N) is 1. The molecule has 0 unspecified atom stereocenters. The van der Waals surface area contributed by atoms with Crippen molar-refractivity contribution in [2.24, 2.45) is 0 Å². The lowest BCUT2D eigenvalue weighted by Gasteiger charge is -1.94. The minimum atomic E-state index is -0.251. The molecule has 22 heavy (non-hydrogen) atoms. The van der Waals surface area contributed by atoms with Crippen LogP contribution in [0.4, 0.5) is 4.39 Å². The fraction of sp³-hybridized carbons (Fsp3) is 0. The minimum absolute atomic E-state index is 0. The van der Waals surface area contributed by atoms with E-state index < -0.39 is 0 Å². The maximum absolute atomic E-state index is 14.0. The number of halogens is 2. The molecule has 0 atom stereocenters. The largest absolute Gasteiger partial charge is 0.353 e. The first-order valence-corrected chi connectivity index (χ1v) is 6.78. The molecule has 0 saturated heterocycles. The van der Waals surface area contributed by atoms with Gasteiger partial charge in [0.15, 0.2) is 0 Å². The van der Waals surface area contributed by atoms with Crippen LogP contribution in [0.5, 0.6) is 0 Å². The van der Waals surface area contributed by atoms with Gasteiger partial charge in [0.1, 0.15) is 5.82 Å². The summed E-state index contributed by atoms with van der Waals surface area (Å²) in [5, 5.41) is 3.00. The van der Waals surface area contributed by atoms with E-state index >= 15 is 0 Å². The van der Waals surface area contributed by atoms with Gasteiger partial charge in [-0.3, -0.25) is 4.98 Å². The van der Waals surface area contributed by atoms with Gasteiger partial charge in [0.2, 0.25) is 0 Å². The van der Waals surface area contributed by atoms with Crippen molar-refractivity contribution >= 4 is 56.1 Å². The second kappa shape index (κ2) is 4.45. The maximum atomic E-state index is 14.0. The van der Waals surface area contributed by atoms with E-state index in [0.717, 1.165) is 38.2 Å². The summed E-state index contributed by atoms with van der Waals surface area (Å²) in [5.74, 6) is -0.251. The maximum Gasteiger partial charge on any atom is 0.147 e. The molecule has 108 valence electrons.